The van der Waals surface area contributed by atoms with E-state index in [0.29, 0.717) is 43.9 Å². The Morgan fingerprint density at radius 3 is 2.46 bits per heavy atom. The van der Waals surface area contributed by atoms with Gasteiger partial charge in [-0.05, 0) is 31.2 Å². The summed E-state index contributed by atoms with van der Waals surface area (Å²) in [5.41, 5.74) is 4.16. The van der Waals surface area contributed by atoms with Gasteiger partial charge in [0, 0.05) is 25.9 Å². The van der Waals surface area contributed by atoms with E-state index in [2.05, 4.69) is 10.7 Å². The van der Waals surface area contributed by atoms with E-state index in [9.17, 15) is 9.59 Å². The maximum absolute atomic E-state index is 13.0. The van der Waals surface area contributed by atoms with Crippen molar-refractivity contribution in [2.24, 2.45) is 0 Å². The van der Waals surface area contributed by atoms with Crippen molar-refractivity contribution in [2.75, 3.05) is 24.7 Å². The van der Waals surface area contributed by atoms with E-state index >= 15 is 0 Å². The highest BCUT2D eigenvalue weighted by Crippen LogP contribution is 2.29. The Kier molecular flexibility index (Phi) is 4.92. The number of nitrogens with one attached hydrogen (secondary N) is 2. The summed E-state index contributed by atoms with van der Waals surface area (Å²) in [4.78, 5) is 27.3. The molecule has 2 saturated heterocycles. The molecule has 2 aliphatic heterocycles. The number of rotatable bonds is 4. The van der Waals surface area contributed by atoms with Crippen LogP contribution in [0.1, 0.15) is 30.1 Å². The minimum Gasteiger partial charge on any atom is -0.493 e. The quantitative estimate of drug-likeness (QED) is 0.855. The van der Waals surface area contributed by atoms with E-state index < -0.39 is 5.66 Å². The van der Waals surface area contributed by atoms with Gasteiger partial charge < -0.3 is 15.0 Å². The molecule has 0 aromatic heterocycles. The van der Waals surface area contributed by atoms with Gasteiger partial charge in [0.05, 0.1) is 17.9 Å². The summed E-state index contributed by atoms with van der Waals surface area (Å²) in [5.74, 6) is 0.570. The third-order valence-corrected chi connectivity index (χ3v) is 5.21. The number of urea groups is 1. The Labute approximate surface area is 164 Å². The molecule has 4 rings (SSSR count). The first-order valence-corrected chi connectivity index (χ1v) is 9.58. The summed E-state index contributed by atoms with van der Waals surface area (Å²) in [6.07, 6.45) is 1.26. The molecule has 2 fully saturated rings. The lowest BCUT2D eigenvalue weighted by molar-refractivity contribution is 0.0637. The van der Waals surface area contributed by atoms with Crippen molar-refractivity contribution in [2.45, 2.75) is 25.4 Å². The van der Waals surface area contributed by atoms with Crippen LogP contribution in [0.4, 0.5) is 10.5 Å². The number of benzene rings is 2. The second kappa shape index (κ2) is 7.52. The molecule has 0 atom stereocenters. The maximum Gasteiger partial charge on any atom is 0.338 e. The van der Waals surface area contributed by atoms with Crippen molar-refractivity contribution < 1.29 is 14.3 Å². The van der Waals surface area contributed by atoms with Crippen LogP contribution in [0.15, 0.2) is 54.6 Å². The molecule has 7 heteroatoms. The smallest absolute Gasteiger partial charge is 0.338 e. The van der Waals surface area contributed by atoms with Crippen LogP contribution in [0.25, 0.3) is 0 Å². The Morgan fingerprint density at radius 1 is 1.07 bits per heavy atom. The van der Waals surface area contributed by atoms with Crippen LogP contribution in [-0.2, 0) is 0 Å². The number of carbonyl (C=O) groups is 2. The first kappa shape index (κ1) is 18.3. The molecule has 3 amide bonds. The number of likely N-dealkylation sites (tertiary alicyclic amines) is 1. The molecular weight excluding hydrogens is 356 g/mol. The highest BCUT2D eigenvalue weighted by molar-refractivity contribution is 5.97. The molecule has 2 aromatic rings. The van der Waals surface area contributed by atoms with Gasteiger partial charge in [0.2, 0.25) is 0 Å². The van der Waals surface area contributed by atoms with Crippen LogP contribution >= 0.6 is 0 Å². The van der Waals surface area contributed by atoms with Crippen LogP contribution < -0.4 is 20.5 Å². The van der Waals surface area contributed by atoms with Gasteiger partial charge in [0.25, 0.3) is 5.91 Å². The van der Waals surface area contributed by atoms with E-state index in [1.54, 1.807) is 11.1 Å². The van der Waals surface area contributed by atoms with Crippen molar-refractivity contribution in [3.05, 3.63) is 60.2 Å². The lowest BCUT2D eigenvalue weighted by atomic mass is 9.97. The summed E-state index contributed by atoms with van der Waals surface area (Å²) in [6.45, 7) is 3.52. The van der Waals surface area contributed by atoms with Crippen LogP contribution in [0.2, 0.25) is 0 Å². The largest absolute Gasteiger partial charge is 0.493 e. The summed E-state index contributed by atoms with van der Waals surface area (Å²) in [7, 11) is 0. The SMILES string of the molecule is CCOc1ccccc1C(=O)N1CCC2(CC1)NC(=O)N(c1ccccc1)N2. The number of para-hydroxylation sites is 2. The number of hydrogen-bond acceptors (Lipinski definition) is 4. The molecule has 1 spiro atoms. The maximum atomic E-state index is 13.0. The number of anilines is 1. The molecule has 0 bridgehead atoms. The lowest BCUT2D eigenvalue weighted by Gasteiger charge is -2.39. The second-order valence-corrected chi connectivity index (χ2v) is 7.02. The molecule has 28 heavy (non-hydrogen) atoms. The van der Waals surface area contributed by atoms with Gasteiger partial charge in [-0.2, -0.15) is 0 Å². The van der Waals surface area contributed by atoms with Gasteiger partial charge in [0.1, 0.15) is 11.4 Å². The van der Waals surface area contributed by atoms with Gasteiger partial charge in [-0.1, -0.05) is 30.3 Å². The summed E-state index contributed by atoms with van der Waals surface area (Å²) >= 11 is 0. The second-order valence-electron chi connectivity index (χ2n) is 7.02. The normalized spacial score (nSPS) is 18.2. The first-order chi connectivity index (χ1) is 13.6. The summed E-state index contributed by atoms with van der Waals surface area (Å²) in [5, 5.41) is 4.61. The molecule has 2 heterocycles. The molecule has 2 N–H and O–H groups in total. The Bertz CT molecular complexity index is 863. The first-order valence-electron chi connectivity index (χ1n) is 9.58. The molecule has 2 aliphatic rings. The van der Waals surface area contributed by atoms with Crippen LogP contribution in [0.3, 0.4) is 0 Å². The molecule has 146 valence electrons. The molecule has 0 saturated carbocycles. The molecule has 7 nitrogen and oxygen atoms in total. The van der Waals surface area contributed by atoms with Crippen LogP contribution in [-0.4, -0.2) is 42.2 Å². The monoisotopic (exact) mass is 380 g/mol. The predicted molar refractivity (Wildman–Crippen MR) is 106 cm³/mol. The highest BCUT2D eigenvalue weighted by Gasteiger charge is 2.45. The Hall–Kier alpha value is -3.06. The predicted octanol–water partition coefficient (Wildman–Crippen LogP) is 2.75. The van der Waals surface area contributed by atoms with E-state index in [1.807, 2.05) is 60.4 Å². The number of carbonyl (C=O) groups excluding carboxylic acids is 2. The number of amides is 3. The zero-order valence-electron chi connectivity index (χ0n) is 15.9. The number of ether oxygens (including phenoxy) is 1. The molecule has 0 aliphatic carbocycles. The topological polar surface area (TPSA) is 73.9 Å². The van der Waals surface area contributed by atoms with Gasteiger partial charge >= 0.3 is 6.03 Å². The fourth-order valence-electron chi connectivity index (χ4n) is 3.74. The van der Waals surface area contributed by atoms with Gasteiger partial charge in [0.15, 0.2) is 0 Å². The van der Waals surface area contributed by atoms with E-state index in [1.165, 1.54) is 0 Å². The molecule has 0 unspecified atom stereocenters. The molecule has 2 aromatic carbocycles. The van der Waals surface area contributed by atoms with Crippen molar-refractivity contribution in [1.29, 1.82) is 0 Å². The number of piperidine rings is 1. The summed E-state index contributed by atoms with van der Waals surface area (Å²) < 4.78 is 5.60. The average molecular weight is 380 g/mol. The fourth-order valence-corrected chi connectivity index (χ4v) is 3.74. The minimum atomic E-state index is -0.525. The standard InChI is InChI=1S/C21H24N4O3/c1-2-28-18-11-7-6-10-17(18)19(26)24-14-12-21(13-15-24)22-20(27)25(23-21)16-8-4-3-5-9-16/h3-11,23H,2,12-15H2,1H3,(H,22,27). The van der Waals surface area contributed by atoms with Crippen molar-refractivity contribution in [3.8, 4) is 5.75 Å². The zero-order valence-corrected chi connectivity index (χ0v) is 15.9. The Balaban J connectivity index is 1.44. The minimum absolute atomic E-state index is 0.0388. The third kappa shape index (κ3) is 3.41. The van der Waals surface area contributed by atoms with Crippen LogP contribution in [0, 0.1) is 0 Å². The number of nitrogens with zero attached hydrogens (tertiary/aromatic N) is 2. The van der Waals surface area contributed by atoms with Gasteiger partial charge in [-0.25, -0.2) is 15.2 Å². The van der Waals surface area contributed by atoms with Crippen LogP contribution in [0.5, 0.6) is 5.75 Å². The number of hydrazine groups is 1. The highest BCUT2D eigenvalue weighted by atomic mass is 16.5. The van der Waals surface area contributed by atoms with Crippen molar-refractivity contribution >= 4 is 17.6 Å². The van der Waals surface area contributed by atoms with Crippen molar-refractivity contribution in [3.63, 3.8) is 0 Å². The lowest BCUT2D eigenvalue weighted by Crippen LogP contribution is -2.58. The Morgan fingerprint density at radius 2 is 1.75 bits per heavy atom. The fraction of sp³-hybridized carbons (Fsp3) is 0.333. The molecule has 0 radical (unpaired) electrons. The zero-order chi connectivity index (χ0) is 19.6. The van der Waals surface area contributed by atoms with Gasteiger partial charge in [-0.15, -0.1) is 0 Å². The number of hydrogen-bond donors (Lipinski definition) is 2. The third-order valence-electron chi connectivity index (χ3n) is 5.21. The van der Waals surface area contributed by atoms with Crippen molar-refractivity contribution in [1.82, 2.24) is 15.6 Å². The van der Waals surface area contributed by atoms with E-state index in [0.717, 1.165) is 5.69 Å². The summed E-state index contributed by atoms with van der Waals surface area (Å²) in [6, 6.07) is 16.6. The van der Waals surface area contributed by atoms with E-state index in [4.69, 9.17) is 4.74 Å². The molecular formula is C21H24N4O3. The average Bonchev–Trinajstić information content (AvgIpc) is 3.05. The van der Waals surface area contributed by atoms with Gasteiger partial charge in [-0.3, -0.25) is 4.79 Å². The van der Waals surface area contributed by atoms with E-state index in [-0.39, 0.29) is 11.9 Å².